The second-order valence-electron chi connectivity index (χ2n) is 11.6. The SMILES string of the molecule is COC(=O)c1cc(B2OC(C)(C)C(C)(C)O2)cc(C(=O)c2cc(F)cc(B3OC(C)(C)C(C)(C)O3)c2)c1. The smallest absolute Gasteiger partial charge is 0.465 e. The molecule has 0 radical (unpaired) electrons. The van der Waals surface area contributed by atoms with Gasteiger partial charge in [0.1, 0.15) is 5.82 Å². The summed E-state index contributed by atoms with van der Waals surface area (Å²) in [7, 11) is -0.391. The Morgan fingerprint density at radius 3 is 1.46 bits per heavy atom. The third kappa shape index (κ3) is 5.00. The van der Waals surface area contributed by atoms with Crippen molar-refractivity contribution in [3.8, 4) is 0 Å². The number of carbonyl (C=O) groups excluding carboxylic acids is 2. The normalized spacial score (nSPS) is 21.2. The highest BCUT2D eigenvalue weighted by atomic mass is 19.1. The van der Waals surface area contributed by atoms with Gasteiger partial charge in [-0.2, -0.15) is 0 Å². The highest BCUT2D eigenvalue weighted by Gasteiger charge is 2.53. The third-order valence-electron chi connectivity index (χ3n) is 7.87. The Balaban J connectivity index is 1.73. The molecule has 0 bridgehead atoms. The first-order valence-corrected chi connectivity index (χ1v) is 12.3. The van der Waals surface area contributed by atoms with Gasteiger partial charge in [-0.05, 0) is 90.6 Å². The van der Waals surface area contributed by atoms with Crippen molar-refractivity contribution in [2.24, 2.45) is 0 Å². The van der Waals surface area contributed by atoms with Crippen LogP contribution in [0.1, 0.15) is 81.7 Å². The van der Waals surface area contributed by atoms with Gasteiger partial charge in [0.05, 0.1) is 35.1 Å². The van der Waals surface area contributed by atoms with Gasteiger partial charge in [0.2, 0.25) is 0 Å². The number of carbonyl (C=O) groups is 2. The summed E-state index contributed by atoms with van der Waals surface area (Å²) in [6.45, 7) is 15.2. The molecule has 0 saturated carbocycles. The highest BCUT2D eigenvalue weighted by molar-refractivity contribution is 6.63. The second kappa shape index (κ2) is 9.05. The van der Waals surface area contributed by atoms with E-state index in [1.54, 1.807) is 18.2 Å². The molecule has 10 heteroatoms. The summed E-state index contributed by atoms with van der Waals surface area (Å²) >= 11 is 0. The largest absolute Gasteiger partial charge is 0.494 e. The van der Waals surface area contributed by atoms with E-state index in [0.29, 0.717) is 10.9 Å². The van der Waals surface area contributed by atoms with E-state index >= 15 is 0 Å². The van der Waals surface area contributed by atoms with Crippen LogP contribution in [0, 0.1) is 5.82 Å². The highest BCUT2D eigenvalue weighted by Crippen LogP contribution is 2.37. The van der Waals surface area contributed by atoms with E-state index in [4.69, 9.17) is 23.4 Å². The molecular weight excluding hydrogens is 477 g/mol. The van der Waals surface area contributed by atoms with Crippen LogP contribution in [0.15, 0.2) is 36.4 Å². The van der Waals surface area contributed by atoms with E-state index < -0.39 is 54.2 Å². The molecule has 2 aliphatic heterocycles. The minimum atomic E-state index is -0.839. The average molecular weight is 510 g/mol. The Bertz CT molecular complexity index is 1220. The maximum Gasteiger partial charge on any atom is 0.494 e. The van der Waals surface area contributed by atoms with Crippen molar-refractivity contribution in [1.29, 1.82) is 0 Å². The van der Waals surface area contributed by atoms with Crippen LogP contribution >= 0.6 is 0 Å². The molecule has 0 spiro atoms. The van der Waals surface area contributed by atoms with E-state index in [9.17, 15) is 14.0 Å². The number of methoxy groups -OCH3 is 1. The zero-order valence-electron chi connectivity index (χ0n) is 22.9. The molecule has 0 aliphatic carbocycles. The van der Waals surface area contributed by atoms with Gasteiger partial charge in [0, 0.05) is 11.1 Å². The van der Waals surface area contributed by atoms with Gasteiger partial charge in [0.15, 0.2) is 5.78 Å². The molecule has 37 heavy (non-hydrogen) atoms. The fourth-order valence-corrected chi connectivity index (χ4v) is 4.16. The lowest BCUT2D eigenvalue weighted by Crippen LogP contribution is -2.41. The molecule has 196 valence electrons. The van der Waals surface area contributed by atoms with Crippen molar-refractivity contribution in [3.63, 3.8) is 0 Å². The Morgan fingerprint density at radius 1 is 0.649 bits per heavy atom. The summed E-state index contributed by atoms with van der Waals surface area (Å²) in [4.78, 5) is 26.1. The van der Waals surface area contributed by atoms with E-state index in [1.165, 1.54) is 19.2 Å². The topological polar surface area (TPSA) is 80.3 Å². The second-order valence-corrected chi connectivity index (χ2v) is 11.6. The van der Waals surface area contributed by atoms with E-state index in [0.717, 1.165) is 6.07 Å². The predicted octanol–water partition coefficient (Wildman–Crippen LogP) is 3.44. The number of hydrogen-bond acceptors (Lipinski definition) is 7. The van der Waals surface area contributed by atoms with E-state index in [1.807, 2.05) is 55.4 Å². The molecule has 2 aliphatic rings. The van der Waals surface area contributed by atoms with E-state index in [-0.39, 0.29) is 16.7 Å². The van der Waals surface area contributed by atoms with Crippen LogP contribution in [0.4, 0.5) is 4.39 Å². The molecule has 7 nitrogen and oxygen atoms in total. The first kappa shape index (κ1) is 27.5. The number of halogens is 1. The maximum atomic E-state index is 14.7. The molecule has 4 rings (SSSR count). The van der Waals surface area contributed by atoms with Crippen molar-refractivity contribution in [1.82, 2.24) is 0 Å². The standard InChI is InChI=1S/C27H33B2FO7/c1-24(2)25(3,4)35-28(34-24)19-11-16(10-18(13-19)23(32)33-9)22(31)17-12-20(15-21(30)14-17)29-36-26(5,6)27(7,8)37-29/h10-15H,1-9H3. The fraction of sp³-hybridized carbons (Fsp3) is 0.481. The number of rotatable bonds is 5. The van der Waals surface area contributed by atoms with Crippen molar-refractivity contribution >= 4 is 36.9 Å². The van der Waals surface area contributed by atoms with Crippen molar-refractivity contribution in [2.75, 3.05) is 7.11 Å². The number of hydrogen-bond donors (Lipinski definition) is 0. The molecule has 0 amide bonds. The molecule has 0 atom stereocenters. The first-order valence-electron chi connectivity index (χ1n) is 12.3. The Labute approximate surface area is 218 Å². The van der Waals surface area contributed by atoms with Gasteiger partial charge in [-0.3, -0.25) is 4.79 Å². The summed E-state index contributed by atoms with van der Waals surface area (Å²) in [5, 5.41) is 0. The Hall–Kier alpha value is -2.52. The molecule has 0 unspecified atom stereocenters. The minimum absolute atomic E-state index is 0.0894. The summed E-state index contributed by atoms with van der Waals surface area (Å²) in [5.41, 5.74) is -1.22. The fourth-order valence-electron chi connectivity index (χ4n) is 4.16. The third-order valence-corrected chi connectivity index (χ3v) is 7.87. The average Bonchev–Trinajstić information content (AvgIpc) is 3.16. The lowest BCUT2D eigenvalue weighted by Gasteiger charge is -2.32. The van der Waals surface area contributed by atoms with Gasteiger partial charge in [-0.25, -0.2) is 9.18 Å². The number of benzene rings is 2. The predicted molar refractivity (Wildman–Crippen MR) is 139 cm³/mol. The van der Waals surface area contributed by atoms with Gasteiger partial charge in [-0.15, -0.1) is 0 Å². The summed E-state index contributed by atoms with van der Waals surface area (Å²) in [6.07, 6.45) is 0. The molecular formula is C27H33B2FO7. The van der Waals surface area contributed by atoms with Gasteiger partial charge in [0.25, 0.3) is 0 Å². The lowest BCUT2D eigenvalue weighted by atomic mass is 9.76. The maximum absolute atomic E-state index is 14.7. The zero-order valence-corrected chi connectivity index (χ0v) is 22.9. The summed E-state index contributed by atoms with van der Waals surface area (Å²) < 4.78 is 44.0. The van der Waals surface area contributed by atoms with E-state index in [2.05, 4.69) is 0 Å². The Kier molecular flexibility index (Phi) is 6.73. The number of esters is 1. The summed E-state index contributed by atoms with van der Waals surface area (Å²) in [6, 6.07) is 8.58. The van der Waals surface area contributed by atoms with Crippen LogP contribution < -0.4 is 10.9 Å². The van der Waals surface area contributed by atoms with Crippen LogP contribution in [0.3, 0.4) is 0 Å². The quantitative estimate of drug-likeness (QED) is 0.347. The van der Waals surface area contributed by atoms with Crippen LogP contribution in [0.2, 0.25) is 0 Å². The lowest BCUT2D eigenvalue weighted by molar-refractivity contribution is 0.00578. The first-order chi connectivity index (χ1) is 17.0. The van der Waals surface area contributed by atoms with Crippen molar-refractivity contribution < 1.29 is 37.3 Å². The van der Waals surface area contributed by atoms with Crippen LogP contribution in [0.5, 0.6) is 0 Å². The molecule has 2 heterocycles. The minimum Gasteiger partial charge on any atom is -0.465 e. The molecule has 2 aromatic rings. The van der Waals surface area contributed by atoms with Crippen molar-refractivity contribution in [3.05, 3.63) is 58.9 Å². The Morgan fingerprint density at radius 2 is 1.03 bits per heavy atom. The molecule has 0 N–H and O–H groups in total. The van der Waals surface area contributed by atoms with Crippen LogP contribution in [-0.4, -0.2) is 55.5 Å². The van der Waals surface area contributed by atoms with Gasteiger partial charge < -0.3 is 23.4 Å². The number of ether oxygens (including phenoxy) is 1. The van der Waals surface area contributed by atoms with Crippen LogP contribution in [0.25, 0.3) is 0 Å². The molecule has 2 fully saturated rings. The molecule has 2 aromatic carbocycles. The molecule has 2 saturated heterocycles. The van der Waals surface area contributed by atoms with Crippen LogP contribution in [-0.2, 0) is 23.4 Å². The van der Waals surface area contributed by atoms with Gasteiger partial charge >= 0.3 is 20.2 Å². The monoisotopic (exact) mass is 510 g/mol. The number of ketones is 1. The van der Waals surface area contributed by atoms with Crippen molar-refractivity contribution in [2.45, 2.75) is 77.8 Å². The summed E-state index contributed by atoms with van der Waals surface area (Å²) in [5.74, 6) is -1.71. The van der Waals surface area contributed by atoms with Gasteiger partial charge in [-0.1, -0.05) is 12.1 Å². The molecule has 0 aromatic heterocycles. The zero-order chi connectivity index (χ0) is 27.6.